The first-order valence-electron chi connectivity index (χ1n) is 13.4. The molecule has 0 radical (unpaired) electrons. The first-order valence-corrected chi connectivity index (χ1v) is 15.6. The molecule has 6 heteroatoms. The van der Waals surface area contributed by atoms with Crippen molar-refractivity contribution in [1.29, 1.82) is 0 Å². The Labute approximate surface area is 249 Å². The normalized spacial score (nSPS) is 16.4. The fraction of sp³-hybridized carbons (Fsp3) is 0.0278. The van der Waals surface area contributed by atoms with Gasteiger partial charge in [0, 0.05) is 22.2 Å². The third-order valence-electron chi connectivity index (χ3n) is 7.32. The highest BCUT2D eigenvalue weighted by Gasteiger charge is 2.54. The summed E-state index contributed by atoms with van der Waals surface area (Å²) in [4.78, 5) is 29.0. The van der Waals surface area contributed by atoms with E-state index >= 15 is 0 Å². The average molecular weight is 589 g/mol. The van der Waals surface area contributed by atoms with Gasteiger partial charge in [0.15, 0.2) is 5.78 Å². The van der Waals surface area contributed by atoms with Crippen LogP contribution in [0, 0.1) is 0 Å². The second-order valence-electron chi connectivity index (χ2n) is 9.85. The van der Waals surface area contributed by atoms with Crippen LogP contribution in [0.4, 0.5) is 0 Å². The molecule has 206 valence electrons. The number of halogens is 1. The number of hydrogen-bond donors (Lipinski definition) is 1. The van der Waals surface area contributed by atoms with Crippen LogP contribution >= 0.6 is 18.5 Å². The molecule has 0 aliphatic carbocycles. The molecule has 4 nitrogen and oxygen atoms in total. The van der Waals surface area contributed by atoms with Crippen LogP contribution in [0.5, 0.6) is 0 Å². The molecule has 1 atom stereocenters. The Balaban J connectivity index is 1.79. The van der Waals surface area contributed by atoms with Gasteiger partial charge in [0.25, 0.3) is 0 Å². The molecule has 1 heterocycles. The number of rotatable bonds is 7. The topological polar surface area (TPSA) is 63.6 Å². The molecule has 0 aromatic heterocycles. The number of Topliss-reactive ketones (excluding diaryl/α,β-unsaturated/α-hetero) is 1. The maximum Gasteiger partial charge on any atom is 0.304 e. The van der Waals surface area contributed by atoms with Crippen LogP contribution in [0.3, 0.4) is 0 Å². The van der Waals surface area contributed by atoms with Crippen molar-refractivity contribution < 1.29 is 19.4 Å². The lowest BCUT2D eigenvalue weighted by atomic mass is 10.00. The zero-order valence-corrected chi connectivity index (χ0v) is 24.1. The van der Waals surface area contributed by atoms with Gasteiger partial charge in [-0.25, -0.2) is 0 Å². The van der Waals surface area contributed by atoms with E-state index in [1.165, 1.54) is 6.08 Å². The minimum atomic E-state index is -3.26. The van der Waals surface area contributed by atoms with E-state index in [1.807, 2.05) is 109 Å². The second-order valence-corrected chi connectivity index (χ2v) is 13.6. The molecular formula is C36H26ClO4P. The Bertz CT molecular complexity index is 1730. The molecule has 5 aromatic carbocycles. The predicted molar refractivity (Wildman–Crippen MR) is 171 cm³/mol. The van der Waals surface area contributed by atoms with Crippen LogP contribution in [-0.4, -0.2) is 27.8 Å². The summed E-state index contributed by atoms with van der Waals surface area (Å²) in [6.07, 6.45) is 1.28. The van der Waals surface area contributed by atoms with Gasteiger partial charge in [0.1, 0.15) is 5.76 Å². The van der Waals surface area contributed by atoms with Gasteiger partial charge in [0.2, 0.25) is 5.78 Å². The lowest BCUT2D eigenvalue weighted by molar-refractivity contribution is -0.147. The zero-order chi connectivity index (χ0) is 29.2. The summed E-state index contributed by atoms with van der Waals surface area (Å²) in [5, 5.41) is 15.4. The Hall–Kier alpha value is -4.47. The molecule has 1 aliphatic heterocycles. The third-order valence-corrected chi connectivity index (χ3v) is 12.0. The monoisotopic (exact) mass is 588 g/mol. The Morgan fingerprint density at radius 3 is 1.52 bits per heavy atom. The van der Waals surface area contributed by atoms with Gasteiger partial charge in [-0.3, -0.25) is 9.59 Å². The van der Waals surface area contributed by atoms with Gasteiger partial charge in [-0.2, -0.15) is 0 Å². The molecule has 0 spiro atoms. The van der Waals surface area contributed by atoms with Crippen molar-refractivity contribution in [1.82, 2.24) is 0 Å². The van der Waals surface area contributed by atoms with Gasteiger partial charge in [0.05, 0.1) is 5.29 Å². The number of hydrogen-bond acceptors (Lipinski definition) is 4. The standard InChI is InChI=1S/C36H26ClO4P/c37-28-23-21-27(22-24-28)34(39)35(36(40)33(38)25-32(41-36)26-13-5-1-6-14-26)42(29-15-7-2-8-16-29,30-17-9-3-10-18-30)31-19-11-4-12-20-31/h1-25,40H. The van der Waals surface area contributed by atoms with E-state index in [1.54, 1.807) is 36.4 Å². The molecule has 1 aliphatic rings. The second kappa shape index (κ2) is 11.4. The average Bonchev–Trinajstić information content (AvgIpc) is 3.35. The minimum Gasteiger partial charge on any atom is -0.450 e. The lowest BCUT2D eigenvalue weighted by Gasteiger charge is -2.37. The van der Waals surface area contributed by atoms with E-state index < -0.39 is 24.2 Å². The molecule has 0 amide bonds. The fourth-order valence-electron chi connectivity index (χ4n) is 5.43. The van der Waals surface area contributed by atoms with Crippen LogP contribution in [0.1, 0.15) is 15.9 Å². The van der Waals surface area contributed by atoms with Gasteiger partial charge in [-0.05, 0) is 47.1 Å². The van der Waals surface area contributed by atoms with Crippen molar-refractivity contribution >= 4 is 57.0 Å². The first-order chi connectivity index (χ1) is 20.4. The summed E-state index contributed by atoms with van der Waals surface area (Å²) in [6.45, 7) is -3.26. The first kappa shape index (κ1) is 27.7. The smallest absolute Gasteiger partial charge is 0.304 e. The number of benzene rings is 5. The number of aliphatic hydroxyl groups is 1. The number of ether oxygens (including phenoxy) is 1. The summed E-state index contributed by atoms with van der Waals surface area (Å²) in [6, 6.07) is 44.3. The third kappa shape index (κ3) is 4.74. The Morgan fingerprint density at radius 1 is 0.643 bits per heavy atom. The largest absolute Gasteiger partial charge is 0.450 e. The highest BCUT2D eigenvalue weighted by Crippen LogP contribution is 2.51. The van der Waals surface area contributed by atoms with E-state index in [4.69, 9.17) is 16.3 Å². The van der Waals surface area contributed by atoms with E-state index in [2.05, 4.69) is 0 Å². The van der Waals surface area contributed by atoms with Crippen molar-refractivity contribution in [2.24, 2.45) is 0 Å². The van der Waals surface area contributed by atoms with Crippen molar-refractivity contribution in [3.63, 3.8) is 0 Å². The summed E-state index contributed by atoms with van der Waals surface area (Å²) < 4.78 is 6.26. The summed E-state index contributed by atoms with van der Waals surface area (Å²) in [7, 11) is 0. The molecule has 0 fully saturated rings. The summed E-state index contributed by atoms with van der Waals surface area (Å²) in [5.74, 6) is -3.62. The Kier molecular flexibility index (Phi) is 7.53. The fourth-order valence-corrected chi connectivity index (χ4v) is 10.1. The Morgan fingerprint density at radius 2 is 1.07 bits per heavy atom. The summed E-state index contributed by atoms with van der Waals surface area (Å²) >= 11 is 6.19. The van der Waals surface area contributed by atoms with Gasteiger partial charge in [-0.15, -0.1) is 0 Å². The van der Waals surface area contributed by atoms with Crippen molar-refractivity contribution in [3.8, 4) is 0 Å². The van der Waals surface area contributed by atoms with Gasteiger partial charge < -0.3 is 9.84 Å². The number of carbonyl (C=O) groups is 2. The van der Waals surface area contributed by atoms with E-state index in [0.717, 1.165) is 15.9 Å². The molecule has 6 rings (SSSR count). The number of carbonyl (C=O) groups excluding carboxylic acids is 2. The van der Waals surface area contributed by atoms with E-state index in [-0.39, 0.29) is 16.6 Å². The molecule has 5 aromatic rings. The molecule has 0 saturated carbocycles. The molecule has 1 unspecified atom stereocenters. The van der Waals surface area contributed by atoms with Crippen molar-refractivity contribution in [3.05, 3.63) is 168 Å². The predicted octanol–water partition coefficient (Wildman–Crippen LogP) is 6.02. The quantitative estimate of drug-likeness (QED) is 0.187. The van der Waals surface area contributed by atoms with E-state index in [0.29, 0.717) is 10.6 Å². The van der Waals surface area contributed by atoms with Crippen LogP contribution in [0.25, 0.3) is 5.76 Å². The van der Waals surface area contributed by atoms with Crippen LogP contribution in [0.2, 0.25) is 5.02 Å². The van der Waals surface area contributed by atoms with E-state index in [9.17, 15) is 14.7 Å². The molecule has 1 N–H and O–H groups in total. The minimum absolute atomic E-state index is 0.0342. The van der Waals surface area contributed by atoms with Gasteiger partial charge >= 0.3 is 5.79 Å². The molecular weight excluding hydrogens is 563 g/mol. The maximum absolute atomic E-state index is 14.9. The SMILES string of the molecule is O=C(C(C1(O)OC(c2ccccc2)=CC1=O)=P(c1ccccc1)(c1ccccc1)c1ccccc1)c1ccc(Cl)cc1. The molecule has 0 saturated heterocycles. The van der Waals surface area contributed by atoms with Crippen molar-refractivity contribution in [2.45, 2.75) is 5.79 Å². The molecule has 42 heavy (non-hydrogen) atoms. The van der Waals surface area contributed by atoms with Crippen molar-refractivity contribution in [2.75, 3.05) is 0 Å². The lowest BCUT2D eigenvalue weighted by Crippen LogP contribution is -2.52. The molecule has 0 bridgehead atoms. The van der Waals surface area contributed by atoms with Gasteiger partial charge in [-0.1, -0.05) is 133 Å². The van der Waals surface area contributed by atoms with Crippen LogP contribution in [-0.2, 0) is 9.53 Å². The zero-order valence-electron chi connectivity index (χ0n) is 22.4. The highest BCUT2D eigenvalue weighted by atomic mass is 35.5. The van der Waals surface area contributed by atoms with Crippen LogP contribution in [0.15, 0.2) is 152 Å². The highest BCUT2D eigenvalue weighted by molar-refractivity contribution is 7.96. The maximum atomic E-state index is 14.9. The van der Waals surface area contributed by atoms with Crippen LogP contribution < -0.4 is 15.9 Å². The number of ketones is 2. The summed E-state index contributed by atoms with van der Waals surface area (Å²) in [5.41, 5.74) is 0.891.